The van der Waals surface area contributed by atoms with Crippen LogP contribution in [-0.4, -0.2) is 4.98 Å². The summed E-state index contributed by atoms with van der Waals surface area (Å²) in [6, 6.07) is 14.0. The Bertz CT molecular complexity index is 353. The maximum Gasteiger partial charge on any atom is 0.0984 e. The summed E-state index contributed by atoms with van der Waals surface area (Å²) in [5.74, 6) is 0. The van der Waals surface area contributed by atoms with Crippen LogP contribution < -0.4 is 0 Å². The third kappa shape index (κ3) is 1.76. The predicted molar refractivity (Wildman–Crippen MR) is 54.9 cm³/mol. The van der Waals surface area contributed by atoms with Crippen molar-refractivity contribution in [2.24, 2.45) is 0 Å². The van der Waals surface area contributed by atoms with Crippen LogP contribution >= 0.6 is 11.6 Å². The van der Waals surface area contributed by atoms with Gasteiger partial charge in [-0.3, -0.25) is 0 Å². The summed E-state index contributed by atoms with van der Waals surface area (Å²) < 4.78 is 0. The normalized spacial score (nSPS) is 12.7. The zero-order valence-electron chi connectivity index (χ0n) is 7.07. The molecule has 0 amide bonds. The Balaban J connectivity index is 2.29. The topological polar surface area (TPSA) is 15.8 Å². The molecule has 1 unspecified atom stereocenters. The second kappa shape index (κ2) is 3.67. The van der Waals surface area contributed by atoms with Gasteiger partial charge in [-0.25, -0.2) is 0 Å². The molecule has 0 bridgehead atoms. The molecule has 0 saturated carbocycles. The van der Waals surface area contributed by atoms with Crippen molar-refractivity contribution in [2.45, 2.75) is 5.38 Å². The molecule has 1 N–H and O–H groups in total. The molecule has 0 radical (unpaired) electrons. The Hall–Kier alpha value is -1.21. The highest BCUT2D eigenvalue weighted by molar-refractivity contribution is 6.22. The standard InChI is InChI=1S/C11H10ClN/c12-11(10-7-4-8-13-10)9-5-2-1-3-6-9/h1-8,11,13H. The van der Waals surface area contributed by atoms with Crippen molar-refractivity contribution in [3.8, 4) is 0 Å². The molecule has 1 aromatic carbocycles. The van der Waals surface area contributed by atoms with Gasteiger partial charge in [0.1, 0.15) is 0 Å². The molecule has 2 heteroatoms. The summed E-state index contributed by atoms with van der Waals surface area (Å²) in [5.41, 5.74) is 2.15. The van der Waals surface area contributed by atoms with Crippen molar-refractivity contribution in [2.75, 3.05) is 0 Å². The first-order valence-electron chi connectivity index (χ1n) is 4.20. The minimum Gasteiger partial charge on any atom is -0.363 e. The minimum atomic E-state index is -0.0730. The van der Waals surface area contributed by atoms with Gasteiger partial charge >= 0.3 is 0 Å². The molecule has 13 heavy (non-hydrogen) atoms. The highest BCUT2D eigenvalue weighted by atomic mass is 35.5. The third-order valence-electron chi connectivity index (χ3n) is 1.99. The maximum absolute atomic E-state index is 6.24. The molecule has 2 rings (SSSR count). The van der Waals surface area contributed by atoms with Crippen molar-refractivity contribution in [3.63, 3.8) is 0 Å². The van der Waals surface area contributed by atoms with E-state index >= 15 is 0 Å². The van der Waals surface area contributed by atoms with E-state index in [-0.39, 0.29) is 5.38 Å². The van der Waals surface area contributed by atoms with Crippen molar-refractivity contribution in [1.82, 2.24) is 4.98 Å². The van der Waals surface area contributed by atoms with E-state index in [0.717, 1.165) is 11.3 Å². The predicted octanol–water partition coefficient (Wildman–Crippen LogP) is 3.34. The molecule has 1 nitrogen and oxygen atoms in total. The Kier molecular flexibility index (Phi) is 2.37. The van der Waals surface area contributed by atoms with Crippen LogP contribution in [-0.2, 0) is 0 Å². The van der Waals surface area contributed by atoms with E-state index in [4.69, 9.17) is 11.6 Å². The fourth-order valence-electron chi connectivity index (χ4n) is 1.30. The van der Waals surface area contributed by atoms with Crippen LogP contribution in [0.4, 0.5) is 0 Å². The Morgan fingerprint density at radius 1 is 1.00 bits per heavy atom. The molecule has 1 atom stereocenters. The molecule has 0 fully saturated rings. The van der Waals surface area contributed by atoms with Crippen LogP contribution in [0.25, 0.3) is 0 Å². The van der Waals surface area contributed by atoms with Gasteiger partial charge < -0.3 is 4.98 Å². The average molecular weight is 192 g/mol. The molecule has 66 valence electrons. The highest BCUT2D eigenvalue weighted by Crippen LogP contribution is 2.26. The van der Waals surface area contributed by atoms with Crippen molar-refractivity contribution in [1.29, 1.82) is 0 Å². The summed E-state index contributed by atoms with van der Waals surface area (Å²) in [5, 5.41) is -0.0730. The summed E-state index contributed by atoms with van der Waals surface area (Å²) in [6.07, 6.45) is 1.88. The maximum atomic E-state index is 6.24. The average Bonchev–Trinajstić information content (AvgIpc) is 2.71. The van der Waals surface area contributed by atoms with Gasteiger partial charge in [-0.1, -0.05) is 30.3 Å². The Labute approximate surface area is 82.4 Å². The zero-order valence-corrected chi connectivity index (χ0v) is 7.83. The fourth-order valence-corrected chi connectivity index (χ4v) is 1.58. The van der Waals surface area contributed by atoms with E-state index < -0.39 is 0 Å². The molecule has 0 aliphatic carbocycles. The number of alkyl halides is 1. The number of nitrogens with one attached hydrogen (secondary N) is 1. The van der Waals surface area contributed by atoms with Gasteiger partial charge in [-0.15, -0.1) is 11.6 Å². The molecular weight excluding hydrogens is 182 g/mol. The number of hydrogen-bond donors (Lipinski definition) is 1. The van der Waals surface area contributed by atoms with Gasteiger partial charge in [0.15, 0.2) is 0 Å². The Morgan fingerprint density at radius 3 is 2.38 bits per heavy atom. The van der Waals surface area contributed by atoms with Gasteiger partial charge in [0.25, 0.3) is 0 Å². The van der Waals surface area contributed by atoms with Gasteiger partial charge in [0.05, 0.1) is 5.38 Å². The van der Waals surface area contributed by atoms with Crippen LogP contribution in [0.5, 0.6) is 0 Å². The van der Waals surface area contributed by atoms with Crippen LogP contribution in [0.3, 0.4) is 0 Å². The monoisotopic (exact) mass is 191 g/mol. The van der Waals surface area contributed by atoms with Gasteiger partial charge in [-0.2, -0.15) is 0 Å². The second-order valence-electron chi connectivity index (χ2n) is 2.90. The quantitative estimate of drug-likeness (QED) is 0.701. The first-order valence-corrected chi connectivity index (χ1v) is 4.64. The van der Waals surface area contributed by atoms with E-state index in [2.05, 4.69) is 4.98 Å². The van der Waals surface area contributed by atoms with Gasteiger partial charge in [0, 0.05) is 11.9 Å². The molecule has 0 aliphatic rings. The highest BCUT2D eigenvalue weighted by Gasteiger charge is 2.09. The first kappa shape index (κ1) is 8.39. The number of hydrogen-bond acceptors (Lipinski definition) is 0. The van der Waals surface area contributed by atoms with Crippen LogP contribution in [0, 0.1) is 0 Å². The van der Waals surface area contributed by atoms with Crippen LogP contribution in [0.15, 0.2) is 48.7 Å². The third-order valence-corrected chi connectivity index (χ3v) is 2.47. The van der Waals surface area contributed by atoms with Crippen molar-refractivity contribution >= 4 is 11.6 Å². The van der Waals surface area contributed by atoms with E-state index in [1.54, 1.807) is 0 Å². The molecule has 1 aromatic heterocycles. The fraction of sp³-hybridized carbons (Fsp3) is 0.0909. The largest absolute Gasteiger partial charge is 0.363 e. The SMILES string of the molecule is ClC(c1ccccc1)c1ccc[nH]1. The molecule has 1 heterocycles. The number of halogens is 1. The van der Waals surface area contributed by atoms with Crippen molar-refractivity contribution < 1.29 is 0 Å². The van der Waals surface area contributed by atoms with Crippen LogP contribution in [0.1, 0.15) is 16.6 Å². The molecule has 0 saturated heterocycles. The lowest BCUT2D eigenvalue weighted by molar-refractivity contribution is 1.07. The number of aromatic amines is 1. The molecule has 2 aromatic rings. The lowest BCUT2D eigenvalue weighted by Crippen LogP contribution is -1.92. The van der Waals surface area contributed by atoms with E-state index in [0.29, 0.717) is 0 Å². The number of rotatable bonds is 2. The number of aromatic nitrogens is 1. The molecule has 0 spiro atoms. The lowest BCUT2D eigenvalue weighted by Gasteiger charge is -2.06. The first-order chi connectivity index (χ1) is 6.38. The molecular formula is C11H10ClN. The van der Waals surface area contributed by atoms with Crippen LogP contribution in [0.2, 0.25) is 0 Å². The van der Waals surface area contributed by atoms with Crippen molar-refractivity contribution in [3.05, 3.63) is 59.9 Å². The summed E-state index contributed by atoms with van der Waals surface area (Å²) in [7, 11) is 0. The lowest BCUT2D eigenvalue weighted by atomic mass is 10.1. The minimum absolute atomic E-state index is 0.0730. The zero-order chi connectivity index (χ0) is 9.10. The summed E-state index contributed by atoms with van der Waals surface area (Å²) in [6.45, 7) is 0. The van der Waals surface area contributed by atoms with Gasteiger partial charge in [-0.05, 0) is 17.7 Å². The van der Waals surface area contributed by atoms with E-state index in [9.17, 15) is 0 Å². The van der Waals surface area contributed by atoms with E-state index in [1.165, 1.54) is 0 Å². The molecule has 0 aliphatic heterocycles. The Morgan fingerprint density at radius 2 is 1.77 bits per heavy atom. The smallest absolute Gasteiger partial charge is 0.0984 e. The number of benzene rings is 1. The van der Waals surface area contributed by atoms with Gasteiger partial charge in [0.2, 0.25) is 0 Å². The second-order valence-corrected chi connectivity index (χ2v) is 3.34. The summed E-state index contributed by atoms with van der Waals surface area (Å²) >= 11 is 6.24. The summed E-state index contributed by atoms with van der Waals surface area (Å²) in [4.78, 5) is 3.10. The number of H-pyrrole nitrogens is 1. The van der Waals surface area contributed by atoms with E-state index in [1.807, 2.05) is 48.7 Å².